The van der Waals surface area contributed by atoms with Crippen LogP contribution in [0.1, 0.15) is 19.3 Å². The van der Waals surface area contributed by atoms with Gasteiger partial charge in [0.1, 0.15) is 0 Å². The normalized spacial score (nSPS) is 25.3. The summed E-state index contributed by atoms with van der Waals surface area (Å²) in [5.74, 6) is -0.194. The smallest absolute Gasteiger partial charge is 0.235 e. The Morgan fingerprint density at radius 3 is 2.59 bits per heavy atom. The van der Waals surface area contributed by atoms with Crippen molar-refractivity contribution in [3.8, 4) is 0 Å². The average Bonchev–Trinajstić information content (AvgIpc) is 2.55. The Labute approximate surface area is 102 Å². The highest BCUT2D eigenvalue weighted by molar-refractivity contribution is 7.89. The van der Waals surface area contributed by atoms with Crippen LogP contribution in [0.15, 0.2) is 0 Å². The Hall–Kier alpha value is -0.660. The number of hydrogen-bond donors (Lipinski definition) is 2. The van der Waals surface area contributed by atoms with E-state index in [2.05, 4.69) is 10.6 Å². The Bertz CT molecular complexity index is 376. The number of carbonyl (C=O) groups excluding carboxylic acids is 1. The predicted molar refractivity (Wildman–Crippen MR) is 64.0 cm³/mol. The van der Waals surface area contributed by atoms with Crippen molar-refractivity contribution in [2.24, 2.45) is 0 Å². The molecule has 6 nitrogen and oxygen atoms in total. The van der Waals surface area contributed by atoms with Gasteiger partial charge in [-0.3, -0.25) is 4.79 Å². The molecule has 0 atom stereocenters. The molecule has 2 rings (SSSR count). The summed E-state index contributed by atoms with van der Waals surface area (Å²) >= 11 is 0. The van der Waals surface area contributed by atoms with Crippen molar-refractivity contribution >= 4 is 15.9 Å². The molecule has 2 N–H and O–H groups in total. The van der Waals surface area contributed by atoms with Gasteiger partial charge in [0.15, 0.2) is 0 Å². The first-order chi connectivity index (χ1) is 8.10. The van der Waals surface area contributed by atoms with E-state index >= 15 is 0 Å². The monoisotopic (exact) mass is 261 g/mol. The highest BCUT2D eigenvalue weighted by Gasteiger charge is 2.34. The minimum absolute atomic E-state index is 0.0216. The molecule has 17 heavy (non-hydrogen) atoms. The summed E-state index contributed by atoms with van der Waals surface area (Å²) in [6.07, 6.45) is 1.97. The predicted octanol–water partition coefficient (Wildman–Crippen LogP) is -1.11. The van der Waals surface area contributed by atoms with Crippen LogP contribution >= 0.6 is 0 Å². The van der Waals surface area contributed by atoms with Crippen LogP contribution in [0.3, 0.4) is 0 Å². The second-order valence-electron chi connectivity index (χ2n) is 4.53. The minimum Gasteiger partial charge on any atom is -0.355 e. The molecule has 2 aliphatic heterocycles. The molecule has 0 aromatic carbocycles. The van der Waals surface area contributed by atoms with Gasteiger partial charge in [0.25, 0.3) is 0 Å². The van der Waals surface area contributed by atoms with Gasteiger partial charge in [-0.25, -0.2) is 8.42 Å². The zero-order chi connectivity index (χ0) is 12.3. The molecular weight excluding hydrogens is 242 g/mol. The molecule has 0 bridgehead atoms. The molecule has 2 aliphatic rings. The van der Waals surface area contributed by atoms with Gasteiger partial charge in [0, 0.05) is 13.1 Å². The molecule has 2 saturated heterocycles. The number of piperidine rings is 1. The topological polar surface area (TPSA) is 78.5 Å². The van der Waals surface area contributed by atoms with E-state index in [4.69, 9.17) is 0 Å². The summed E-state index contributed by atoms with van der Waals surface area (Å²) in [6.45, 7) is 2.47. The summed E-state index contributed by atoms with van der Waals surface area (Å²) in [5.41, 5.74) is 0. The van der Waals surface area contributed by atoms with Crippen LogP contribution in [0, 0.1) is 0 Å². The number of rotatable bonds is 2. The molecule has 0 spiro atoms. The Kier molecular flexibility index (Phi) is 4.01. The van der Waals surface area contributed by atoms with Gasteiger partial charge in [-0.05, 0) is 32.4 Å². The number of sulfonamides is 1. The van der Waals surface area contributed by atoms with Gasteiger partial charge in [-0.1, -0.05) is 0 Å². The number of carbonyl (C=O) groups is 1. The van der Waals surface area contributed by atoms with Crippen molar-refractivity contribution in [2.75, 3.05) is 32.7 Å². The van der Waals surface area contributed by atoms with Crippen molar-refractivity contribution in [2.45, 2.75) is 24.5 Å². The summed E-state index contributed by atoms with van der Waals surface area (Å²) in [6, 6.07) is 0. The lowest BCUT2D eigenvalue weighted by molar-refractivity contribution is -0.120. The van der Waals surface area contributed by atoms with Crippen LogP contribution in [-0.4, -0.2) is 56.6 Å². The van der Waals surface area contributed by atoms with Gasteiger partial charge < -0.3 is 10.6 Å². The third kappa shape index (κ3) is 2.97. The fourth-order valence-electron chi connectivity index (χ4n) is 2.30. The largest absolute Gasteiger partial charge is 0.355 e. The van der Waals surface area contributed by atoms with Gasteiger partial charge >= 0.3 is 0 Å². The highest BCUT2D eigenvalue weighted by Crippen LogP contribution is 2.18. The van der Waals surface area contributed by atoms with Gasteiger partial charge in [-0.15, -0.1) is 0 Å². The first-order valence-electron chi connectivity index (χ1n) is 6.07. The first kappa shape index (κ1) is 12.8. The van der Waals surface area contributed by atoms with E-state index in [1.165, 1.54) is 4.31 Å². The second-order valence-corrected chi connectivity index (χ2v) is 6.74. The maximum Gasteiger partial charge on any atom is 0.235 e. The molecule has 2 fully saturated rings. The molecule has 0 aromatic rings. The lowest BCUT2D eigenvalue weighted by Crippen LogP contribution is -2.46. The zero-order valence-corrected chi connectivity index (χ0v) is 10.6. The minimum atomic E-state index is -3.31. The van der Waals surface area contributed by atoms with Crippen LogP contribution in [0.4, 0.5) is 0 Å². The number of amides is 1. The van der Waals surface area contributed by atoms with Crippen molar-refractivity contribution in [1.82, 2.24) is 14.9 Å². The SMILES string of the molecule is O=C1CN(S(=O)(=O)C2CCNCC2)CCCN1. The van der Waals surface area contributed by atoms with Crippen LogP contribution in [0.5, 0.6) is 0 Å². The standard InChI is InChI=1S/C10H19N3O3S/c14-10-8-13(7-1-4-12-10)17(15,16)9-2-5-11-6-3-9/h9,11H,1-8H2,(H,12,14). The molecule has 1 amide bonds. The van der Waals surface area contributed by atoms with Gasteiger partial charge in [0.2, 0.25) is 15.9 Å². The summed E-state index contributed by atoms with van der Waals surface area (Å²) in [4.78, 5) is 11.4. The van der Waals surface area contributed by atoms with Gasteiger partial charge in [-0.2, -0.15) is 4.31 Å². The van der Waals surface area contributed by atoms with Crippen LogP contribution in [0.25, 0.3) is 0 Å². The van der Waals surface area contributed by atoms with E-state index in [-0.39, 0.29) is 17.7 Å². The quantitative estimate of drug-likeness (QED) is 0.661. The van der Waals surface area contributed by atoms with E-state index in [9.17, 15) is 13.2 Å². The molecule has 7 heteroatoms. The third-order valence-corrected chi connectivity index (χ3v) is 5.64. The zero-order valence-electron chi connectivity index (χ0n) is 9.81. The molecule has 98 valence electrons. The van der Waals surface area contributed by atoms with Crippen molar-refractivity contribution in [3.05, 3.63) is 0 Å². The molecule has 0 aliphatic carbocycles. The van der Waals surface area contributed by atoms with Crippen molar-refractivity contribution < 1.29 is 13.2 Å². The molecule has 2 heterocycles. The third-order valence-electron chi connectivity index (χ3n) is 3.29. The number of hydrogen-bond acceptors (Lipinski definition) is 4. The van der Waals surface area contributed by atoms with E-state index < -0.39 is 10.0 Å². The number of nitrogens with one attached hydrogen (secondary N) is 2. The molecular formula is C10H19N3O3S. The van der Waals surface area contributed by atoms with Gasteiger partial charge in [0.05, 0.1) is 11.8 Å². The average molecular weight is 261 g/mol. The first-order valence-corrected chi connectivity index (χ1v) is 7.57. The summed E-state index contributed by atoms with van der Waals surface area (Å²) < 4.78 is 26.1. The Balaban J connectivity index is 2.09. The van der Waals surface area contributed by atoms with Crippen LogP contribution in [-0.2, 0) is 14.8 Å². The second kappa shape index (κ2) is 5.32. The van der Waals surface area contributed by atoms with E-state index in [0.29, 0.717) is 32.4 Å². The molecule has 0 saturated carbocycles. The maximum absolute atomic E-state index is 12.4. The van der Waals surface area contributed by atoms with Crippen LogP contribution < -0.4 is 10.6 Å². The fraction of sp³-hybridized carbons (Fsp3) is 0.900. The van der Waals surface area contributed by atoms with E-state index in [1.807, 2.05) is 0 Å². The fourth-order valence-corrected chi connectivity index (χ4v) is 4.23. The lowest BCUT2D eigenvalue weighted by atomic mass is 10.2. The maximum atomic E-state index is 12.4. The van der Waals surface area contributed by atoms with Crippen molar-refractivity contribution in [1.29, 1.82) is 0 Å². The molecule has 0 radical (unpaired) electrons. The summed E-state index contributed by atoms with van der Waals surface area (Å²) in [7, 11) is -3.31. The van der Waals surface area contributed by atoms with Crippen LogP contribution in [0.2, 0.25) is 0 Å². The lowest BCUT2D eigenvalue weighted by Gasteiger charge is -2.28. The van der Waals surface area contributed by atoms with E-state index in [1.54, 1.807) is 0 Å². The Morgan fingerprint density at radius 2 is 1.88 bits per heavy atom. The van der Waals surface area contributed by atoms with E-state index in [0.717, 1.165) is 13.1 Å². The number of nitrogens with zero attached hydrogens (tertiary/aromatic N) is 1. The molecule has 0 aromatic heterocycles. The summed E-state index contributed by atoms with van der Waals surface area (Å²) in [5, 5.41) is 5.52. The highest BCUT2D eigenvalue weighted by atomic mass is 32.2. The Morgan fingerprint density at radius 1 is 1.18 bits per heavy atom. The van der Waals surface area contributed by atoms with Crippen molar-refractivity contribution in [3.63, 3.8) is 0 Å². The molecule has 0 unspecified atom stereocenters.